The van der Waals surface area contributed by atoms with Gasteiger partial charge in [0, 0.05) is 23.4 Å². The van der Waals surface area contributed by atoms with Crippen LogP contribution in [0.3, 0.4) is 0 Å². The predicted octanol–water partition coefficient (Wildman–Crippen LogP) is 4.39. The van der Waals surface area contributed by atoms with E-state index in [0.717, 1.165) is 24.8 Å². The van der Waals surface area contributed by atoms with Crippen molar-refractivity contribution in [3.8, 4) is 5.75 Å². The number of rotatable bonds is 7. The van der Waals surface area contributed by atoms with Crippen molar-refractivity contribution in [1.29, 1.82) is 0 Å². The maximum atomic E-state index is 13.0. The molecule has 3 rings (SSSR count). The number of halogens is 1. The normalized spacial score (nSPS) is 25.6. The minimum absolute atomic E-state index is 0.0319. The van der Waals surface area contributed by atoms with E-state index in [4.69, 9.17) is 16.3 Å². The van der Waals surface area contributed by atoms with Crippen molar-refractivity contribution in [2.24, 2.45) is 11.8 Å². The van der Waals surface area contributed by atoms with Crippen LogP contribution < -0.4 is 15.4 Å². The zero-order chi connectivity index (χ0) is 20.3. The molecule has 1 aromatic carbocycles. The van der Waals surface area contributed by atoms with Crippen LogP contribution in [-0.2, 0) is 9.59 Å². The van der Waals surface area contributed by atoms with Crippen molar-refractivity contribution in [3.05, 3.63) is 28.8 Å². The third-order valence-electron chi connectivity index (χ3n) is 6.42. The maximum Gasteiger partial charge on any atom is 0.223 e. The smallest absolute Gasteiger partial charge is 0.223 e. The van der Waals surface area contributed by atoms with Crippen LogP contribution in [-0.4, -0.2) is 24.5 Å². The molecule has 0 saturated heterocycles. The largest absolute Gasteiger partial charge is 0.497 e. The molecule has 0 aromatic heterocycles. The zero-order valence-electron chi connectivity index (χ0n) is 17.0. The number of hydrogen-bond donors (Lipinski definition) is 2. The Labute approximate surface area is 172 Å². The molecule has 2 saturated carbocycles. The van der Waals surface area contributed by atoms with Crippen LogP contribution in [0.2, 0.25) is 5.02 Å². The van der Waals surface area contributed by atoms with E-state index >= 15 is 0 Å². The quantitative estimate of drug-likeness (QED) is 0.705. The number of hydrogen-bond acceptors (Lipinski definition) is 3. The second-order valence-corrected chi connectivity index (χ2v) is 8.81. The van der Waals surface area contributed by atoms with Crippen molar-refractivity contribution < 1.29 is 14.3 Å². The van der Waals surface area contributed by atoms with E-state index in [1.165, 1.54) is 19.8 Å². The molecule has 2 N–H and O–H groups in total. The summed E-state index contributed by atoms with van der Waals surface area (Å²) in [4.78, 5) is 24.5. The molecule has 2 amide bonds. The lowest BCUT2D eigenvalue weighted by Crippen LogP contribution is -2.59. The highest BCUT2D eigenvalue weighted by atomic mass is 35.5. The third-order valence-corrected chi connectivity index (χ3v) is 6.64. The molecule has 0 heterocycles. The molecule has 6 heteroatoms. The van der Waals surface area contributed by atoms with Crippen molar-refractivity contribution in [3.63, 3.8) is 0 Å². The molecular weight excluding hydrogens is 376 g/mol. The molecule has 2 aliphatic carbocycles. The highest BCUT2D eigenvalue weighted by Crippen LogP contribution is 2.42. The van der Waals surface area contributed by atoms with Gasteiger partial charge < -0.3 is 15.4 Å². The Morgan fingerprint density at radius 1 is 1.25 bits per heavy atom. The van der Waals surface area contributed by atoms with Crippen LogP contribution in [0.5, 0.6) is 5.75 Å². The highest BCUT2D eigenvalue weighted by molar-refractivity contribution is 6.30. The monoisotopic (exact) mass is 406 g/mol. The molecule has 1 aromatic rings. The molecule has 0 bridgehead atoms. The zero-order valence-corrected chi connectivity index (χ0v) is 17.8. The van der Waals surface area contributed by atoms with E-state index in [1.54, 1.807) is 13.2 Å². The first-order valence-electron chi connectivity index (χ1n) is 10.3. The van der Waals surface area contributed by atoms with Gasteiger partial charge in [-0.05, 0) is 61.8 Å². The van der Waals surface area contributed by atoms with Gasteiger partial charge in [0.05, 0.1) is 13.2 Å². The van der Waals surface area contributed by atoms with Crippen LogP contribution in [0.1, 0.15) is 70.4 Å². The molecule has 2 aliphatic rings. The summed E-state index contributed by atoms with van der Waals surface area (Å²) in [5.41, 5.74) is 0.781. The first kappa shape index (κ1) is 21.0. The van der Waals surface area contributed by atoms with Gasteiger partial charge in [-0.2, -0.15) is 0 Å². The van der Waals surface area contributed by atoms with Crippen LogP contribution in [0.4, 0.5) is 0 Å². The van der Waals surface area contributed by atoms with Gasteiger partial charge in [-0.3, -0.25) is 9.59 Å². The summed E-state index contributed by atoms with van der Waals surface area (Å²) in [7, 11) is 1.62. The molecule has 154 valence electrons. The summed E-state index contributed by atoms with van der Waals surface area (Å²) < 4.78 is 5.37. The summed E-state index contributed by atoms with van der Waals surface area (Å²) in [6.07, 6.45) is 6.84. The molecule has 0 radical (unpaired) electrons. The van der Waals surface area contributed by atoms with Crippen molar-refractivity contribution in [2.75, 3.05) is 7.11 Å². The summed E-state index contributed by atoms with van der Waals surface area (Å²) in [5, 5.41) is 6.96. The minimum Gasteiger partial charge on any atom is -0.497 e. The van der Waals surface area contributed by atoms with Gasteiger partial charge in [-0.1, -0.05) is 31.4 Å². The van der Waals surface area contributed by atoms with E-state index in [-0.39, 0.29) is 29.3 Å². The Morgan fingerprint density at radius 2 is 1.93 bits per heavy atom. The Kier molecular flexibility index (Phi) is 6.54. The number of benzene rings is 1. The number of ether oxygens (including phenoxy) is 1. The number of carbonyl (C=O) groups is 2. The SMILES string of the molecule is CCC1(NC(C)=O)CC(C(=O)N[C@@H](c2cc(Cl)cc(OC)c2)C2CCCC2)C1. The summed E-state index contributed by atoms with van der Waals surface area (Å²) in [6.45, 7) is 3.59. The second-order valence-electron chi connectivity index (χ2n) is 8.38. The Morgan fingerprint density at radius 3 is 2.50 bits per heavy atom. The summed E-state index contributed by atoms with van der Waals surface area (Å²) in [6, 6.07) is 5.64. The van der Waals surface area contributed by atoms with Gasteiger partial charge in [-0.15, -0.1) is 0 Å². The fourth-order valence-electron chi connectivity index (χ4n) is 4.84. The lowest BCUT2D eigenvalue weighted by Gasteiger charge is -2.47. The number of carbonyl (C=O) groups excluding carboxylic acids is 2. The van der Waals surface area contributed by atoms with E-state index in [2.05, 4.69) is 17.6 Å². The van der Waals surface area contributed by atoms with Crippen molar-refractivity contribution in [2.45, 2.75) is 70.4 Å². The van der Waals surface area contributed by atoms with Crippen LogP contribution >= 0.6 is 11.6 Å². The van der Waals surface area contributed by atoms with Gasteiger partial charge in [0.2, 0.25) is 11.8 Å². The van der Waals surface area contributed by atoms with Crippen molar-refractivity contribution in [1.82, 2.24) is 10.6 Å². The molecule has 0 unspecified atom stereocenters. The molecule has 5 nitrogen and oxygen atoms in total. The number of amides is 2. The topological polar surface area (TPSA) is 67.4 Å². The predicted molar refractivity (Wildman–Crippen MR) is 110 cm³/mol. The van der Waals surface area contributed by atoms with Crippen LogP contribution in [0.15, 0.2) is 18.2 Å². The molecular formula is C22H31ClN2O3. The first-order chi connectivity index (χ1) is 13.4. The minimum atomic E-state index is -0.226. The average molecular weight is 407 g/mol. The van der Waals surface area contributed by atoms with Crippen molar-refractivity contribution >= 4 is 23.4 Å². The molecule has 0 spiro atoms. The standard InChI is InChI=1S/C22H31ClN2O3/c1-4-22(25-14(2)26)12-17(13-22)21(27)24-20(15-7-5-6-8-15)16-9-18(23)11-19(10-16)28-3/h9-11,15,17,20H,4-8,12-13H2,1-3H3,(H,24,27)(H,25,26)/t17?,20-,22?/m1/s1. The highest BCUT2D eigenvalue weighted by Gasteiger charge is 2.47. The number of nitrogens with one attached hydrogen (secondary N) is 2. The van der Waals surface area contributed by atoms with Gasteiger partial charge in [0.25, 0.3) is 0 Å². The van der Waals surface area contributed by atoms with Gasteiger partial charge in [0.15, 0.2) is 0 Å². The van der Waals surface area contributed by atoms with Gasteiger partial charge in [0.1, 0.15) is 5.75 Å². The summed E-state index contributed by atoms with van der Waals surface area (Å²) >= 11 is 6.29. The number of methoxy groups -OCH3 is 1. The summed E-state index contributed by atoms with van der Waals surface area (Å²) in [5.74, 6) is 1.11. The van der Waals surface area contributed by atoms with Gasteiger partial charge >= 0.3 is 0 Å². The molecule has 1 atom stereocenters. The van der Waals surface area contributed by atoms with E-state index in [9.17, 15) is 9.59 Å². The lowest BCUT2D eigenvalue weighted by atomic mass is 9.66. The van der Waals surface area contributed by atoms with Gasteiger partial charge in [-0.25, -0.2) is 0 Å². The van der Waals surface area contributed by atoms with E-state index < -0.39 is 0 Å². The lowest BCUT2D eigenvalue weighted by molar-refractivity contribution is -0.134. The van der Waals surface area contributed by atoms with Crippen LogP contribution in [0, 0.1) is 11.8 Å². The molecule has 28 heavy (non-hydrogen) atoms. The molecule has 0 aliphatic heterocycles. The maximum absolute atomic E-state index is 13.0. The fraction of sp³-hybridized carbons (Fsp3) is 0.636. The Balaban J connectivity index is 1.73. The first-order valence-corrected chi connectivity index (χ1v) is 10.7. The fourth-order valence-corrected chi connectivity index (χ4v) is 5.07. The third kappa shape index (κ3) is 4.62. The Bertz CT molecular complexity index is 724. The van der Waals surface area contributed by atoms with E-state index in [0.29, 0.717) is 29.5 Å². The Hall–Kier alpha value is -1.75. The van der Waals surface area contributed by atoms with E-state index in [1.807, 2.05) is 12.1 Å². The molecule has 2 fully saturated rings. The second kappa shape index (κ2) is 8.73. The van der Waals surface area contributed by atoms with Crippen LogP contribution in [0.25, 0.3) is 0 Å². The average Bonchev–Trinajstić information content (AvgIpc) is 3.15.